The molecule has 0 aromatic heterocycles. The molecule has 1 unspecified atom stereocenters. The first kappa shape index (κ1) is 42.1. The van der Waals surface area contributed by atoms with Gasteiger partial charge in [-0.1, -0.05) is 65.5 Å². The van der Waals surface area contributed by atoms with Gasteiger partial charge in [0.2, 0.25) is 0 Å². The Labute approximate surface area is 346 Å². The van der Waals surface area contributed by atoms with Gasteiger partial charge in [0.1, 0.15) is 36.3 Å². The molecular formula is C47H72O11. The Morgan fingerprint density at radius 3 is 2.33 bits per heavy atom. The van der Waals surface area contributed by atoms with Gasteiger partial charge in [-0.15, -0.1) is 0 Å². The molecule has 10 saturated heterocycles. The number of unbranched alkanes of at least 4 members (excludes halogenated alkanes) is 5. The lowest BCUT2D eigenvalue weighted by atomic mass is 9.81. The molecule has 1 N–H and O–H groups in total. The number of methoxy groups -OCH3 is 1. The molecule has 0 amide bonds. The average Bonchev–Trinajstić information content (AvgIpc) is 3.87. The number of fused-ring (bicyclic) bond motifs is 6. The van der Waals surface area contributed by atoms with Crippen molar-refractivity contribution >= 4 is 5.78 Å². The lowest BCUT2D eigenvalue weighted by Crippen LogP contribution is -2.61. The number of Topliss-reactive ketones (excluding diaryl/α,β-unsaturated/α-hetero) is 1. The fourth-order valence-electron chi connectivity index (χ4n) is 12.5. The monoisotopic (exact) mass is 813 g/mol. The first-order valence-corrected chi connectivity index (χ1v) is 23.5. The van der Waals surface area contributed by atoms with Crippen molar-refractivity contribution in [2.24, 2.45) is 11.8 Å². The van der Waals surface area contributed by atoms with Gasteiger partial charge < -0.3 is 47.7 Å². The minimum absolute atomic E-state index is 0.00762. The Morgan fingerprint density at radius 2 is 1.48 bits per heavy atom. The number of ketones is 1. The van der Waals surface area contributed by atoms with Gasteiger partial charge in [-0.25, -0.2) is 0 Å². The van der Waals surface area contributed by atoms with Crippen LogP contribution in [0.3, 0.4) is 0 Å². The third-order valence-corrected chi connectivity index (χ3v) is 15.6. The molecule has 11 heteroatoms. The third-order valence-electron chi connectivity index (χ3n) is 15.6. The topological polar surface area (TPSA) is 120 Å². The summed E-state index contributed by atoms with van der Waals surface area (Å²) < 4.78 is 60.8. The summed E-state index contributed by atoms with van der Waals surface area (Å²) in [4.78, 5) is 14.3. The summed E-state index contributed by atoms with van der Waals surface area (Å²) in [6.45, 7) is 13.5. The van der Waals surface area contributed by atoms with Crippen molar-refractivity contribution in [1.29, 1.82) is 0 Å². The van der Waals surface area contributed by atoms with Crippen LogP contribution in [0.25, 0.3) is 0 Å². The molecule has 0 aromatic rings. The number of rotatable bonds is 10. The molecule has 10 aliphatic rings. The SMILES string of the molecule is C=C1C[C@@H]2CC[C@@]34C[C@H]5O[C@@H]6[C@@H](O3)[C@H]3O[C@H](CC[C@@H]3O[C@H]6[C@H]5O4)CC(=O)C[C@@H]3[C@@H](OC)[C@@H](CC(O)CCCCCCCC)O[C@H]3C[C@H]3O[C@@H](CC[C@@H]1O2)C[C@@H](C)C3=C. The summed E-state index contributed by atoms with van der Waals surface area (Å²) in [5.41, 5.74) is 2.24. The molecule has 11 nitrogen and oxygen atoms in total. The maximum absolute atomic E-state index is 14.3. The van der Waals surface area contributed by atoms with Gasteiger partial charge in [0, 0.05) is 51.6 Å². The highest BCUT2D eigenvalue weighted by atomic mass is 16.8. The van der Waals surface area contributed by atoms with Crippen LogP contribution in [-0.4, -0.2) is 121 Å². The zero-order valence-corrected chi connectivity index (χ0v) is 35.5. The van der Waals surface area contributed by atoms with E-state index in [0.29, 0.717) is 44.4 Å². The van der Waals surface area contributed by atoms with Crippen LogP contribution < -0.4 is 0 Å². The summed E-state index contributed by atoms with van der Waals surface area (Å²) in [6.07, 6.45) is 13.6. The van der Waals surface area contributed by atoms with Crippen LogP contribution in [0.15, 0.2) is 24.3 Å². The van der Waals surface area contributed by atoms with Crippen LogP contribution in [0.2, 0.25) is 0 Å². The van der Waals surface area contributed by atoms with Crippen LogP contribution in [0.4, 0.5) is 0 Å². The number of hydrogen-bond acceptors (Lipinski definition) is 11. The summed E-state index contributed by atoms with van der Waals surface area (Å²) >= 11 is 0. The van der Waals surface area contributed by atoms with Crippen LogP contribution >= 0.6 is 0 Å². The molecule has 0 aromatic carbocycles. The maximum Gasteiger partial charge on any atom is 0.172 e. The highest BCUT2D eigenvalue weighted by molar-refractivity contribution is 5.79. The molecule has 326 valence electrons. The van der Waals surface area contributed by atoms with E-state index in [-0.39, 0.29) is 103 Å². The van der Waals surface area contributed by atoms with Gasteiger partial charge in [-0.05, 0) is 68.4 Å². The van der Waals surface area contributed by atoms with E-state index in [0.717, 1.165) is 75.4 Å². The Balaban J connectivity index is 0.945. The highest BCUT2D eigenvalue weighted by Crippen LogP contribution is 2.54. The Bertz CT molecular complexity index is 1470. The second kappa shape index (κ2) is 17.9. The molecule has 12 bridgehead atoms. The minimum atomic E-state index is -0.775. The molecular weight excluding hydrogens is 741 g/mol. The molecule has 0 aliphatic carbocycles. The van der Waals surface area contributed by atoms with Crippen LogP contribution in [0.5, 0.6) is 0 Å². The van der Waals surface area contributed by atoms with Gasteiger partial charge in [0.25, 0.3) is 0 Å². The normalized spacial score (nSPS) is 48.2. The van der Waals surface area contributed by atoms with Crippen molar-refractivity contribution in [3.8, 4) is 0 Å². The molecule has 19 atom stereocenters. The van der Waals surface area contributed by atoms with Crippen molar-refractivity contribution in [3.05, 3.63) is 24.3 Å². The fourth-order valence-corrected chi connectivity index (χ4v) is 12.5. The van der Waals surface area contributed by atoms with E-state index in [1.165, 1.54) is 25.7 Å². The molecule has 10 aliphatic heterocycles. The average molecular weight is 813 g/mol. The predicted molar refractivity (Wildman–Crippen MR) is 215 cm³/mol. The molecule has 1 spiro atoms. The zero-order chi connectivity index (χ0) is 40.1. The van der Waals surface area contributed by atoms with Crippen LogP contribution in [-0.2, 0) is 47.4 Å². The first-order chi connectivity index (χ1) is 28.1. The van der Waals surface area contributed by atoms with Crippen molar-refractivity contribution in [3.63, 3.8) is 0 Å². The number of hydrogen-bond donors (Lipinski definition) is 1. The zero-order valence-electron chi connectivity index (χ0n) is 35.5. The van der Waals surface area contributed by atoms with Gasteiger partial charge in [0.05, 0.1) is 67.1 Å². The number of carbonyl (C=O) groups is 1. The highest BCUT2D eigenvalue weighted by Gasteiger charge is 2.68. The Kier molecular flexibility index (Phi) is 12.9. The van der Waals surface area contributed by atoms with E-state index in [1.54, 1.807) is 7.11 Å². The van der Waals surface area contributed by atoms with Crippen molar-refractivity contribution in [2.75, 3.05) is 7.11 Å². The third kappa shape index (κ3) is 8.58. The number of carbonyl (C=O) groups excluding carboxylic acids is 1. The van der Waals surface area contributed by atoms with Crippen molar-refractivity contribution in [2.45, 2.75) is 246 Å². The van der Waals surface area contributed by atoms with Gasteiger partial charge >= 0.3 is 0 Å². The van der Waals surface area contributed by atoms with E-state index in [2.05, 4.69) is 27.0 Å². The van der Waals surface area contributed by atoms with E-state index in [4.69, 9.17) is 42.6 Å². The lowest BCUT2D eigenvalue weighted by molar-refractivity contribution is -0.292. The second-order valence-electron chi connectivity index (χ2n) is 19.7. The molecule has 0 saturated carbocycles. The lowest BCUT2D eigenvalue weighted by Gasteiger charge is -2.47. The van der Waals surface area contributed by atoms with E-state index >= 15 is 0 Å². The Morgan fingerprint density at radius 1 is 0.741 bits per heavy atom. The predicted octanol–water partition coefficient (Wildman–Crippen LogP) is 7.23. The van der Waals surface area contributed by atoms with E-state index < -0.39 is 11.9 Å². The Hall–Kier alpha value is -1.25. The molecule has 58 heavy (non-hydrogen) atoms. The quantitative estimate of drug-likeness (QED) is 0.178. The molecule has 0 radical (unpaired) electrons. The van der Waals surface area contributed by atoms with Crippen LogP contribution in [0.1, 0.15) is 142 Å². The number of aliphatic hydroxyl groups excluding tert-OH is 1. The number of ether oxygens (including phenoxy) is 9. The summed E-state index contributed by atoms with van der Waals surface area (Å²) in [6, 6.07) is 0. The van der Waals surface area contributed by atoms with Gasteiger partial charge in [-0.2, -0.15) is 0 Å². The maximum atomic E-state index is 14.3. The molecule has 10 fully saturated rings. The van der Waals surface area contributed by atoms with E-state index in [9.17, 15) is 9.90 Å². The standard InChI is InChI=1S/C47H72O11/c1-6-7-8-9-10-11-12-29(48)23-39-41(50-5)34-22-30(49)21-32-14-16-36-42(53-32)46-45-44(55-36)43-40(56-45)25-47(57-43,58-46)18-17-33-20-27(3)35(51-33)15-13-31-19-26(2)28(4)37(52-31)24-38(34)54-39/h26,29,31-46,48H,3-4,6-25H2,1-2,5H3/t26-,29?,31+,32-,33+,34+,35+,36+,37-,38+,39-,40-,41-,42+,43+,44+,45+,46+,47+/m1/s1. The largest absolute Gasteiger partial charge is 0.393 e. The summed E-state index contributed by atoms with van der Waals surface area (Å²) in [5.74, 6) is -0.527. The minimum Gasteiger partial charge on any atom is -0.393 e. The van der Waals surface area contributed by atoms with Crippen molar-refractivity contribution in [1.82, 2.24) is 0 Å². The summed E-state index contributed by atoms with van der Waals surface area (Å²) in [7, 11) is 1.72. The van der Waals surface area contributed by atoms with Gasteiger partial charge in [-0.3, -0.25) is 4.79 Å². The fraction of sp³-hybridized carbons (Fsp3) is 0.894. The first-order valence-electron chi connectivity index (χ1n) is 23.5. The molecule has 10 heterocycles. The van der Waals surface area contributed by atoms with E-state index in [1.807, 2.05) is 0 Å². The van der Waals surface area contributed by atoms with Gasteiger partial charge in [0.15, 0.2) is 5.79 Å². The summed E-state index contributed by atoms with van der Waals surface area (Å²) in [5, 5.41) is 11.3. The second-order valence-corrected chi connectivity index (χ2v) is 19.7. The number of aliphatic hydroxyl groups is 1. The smallest absolute Gasteiger partial charge is 0.172 e. The molecule has 10 rings (SSSR count). The van der Waals surface area contributed by atoms with Crippen LogP contribution in [0, 0.1) is 11.8 Å². The van der Waals surface area contributed by atoms with Crippen molar-refractivity contribution < 1.29 is 52.5 Å².